The average molecular weight is 559 g/mol. The number of hydrogen-bond acceptors (Lipinski definition) is 4. The molecule has 4 aromatic rings. The third-order valence-corrected chi connectivity index (χ3v) is 6.45. The Hall–Kier alpha value is -4.07. The predicted molar refractivity (Wildman–Crippen MR) is 158 cm³/mol. The van der Waals surface area contributed by atoms with Crippen LogP contribution < -0.4 is 15.4 Å². The zero-order chi connectivity index (χ0) is 29.4. The van der Waals surface area contributed by atoms with Crippen LogP contribution in [0.3, 0.4) is 0 Å². The van der Waals surface area contributed by atoms with E-state index in [0.29, 0.717) is 17.7 Å². The maximum atomic E-state index is 13.9. The molecule has 0 fully saturated rings. The fourth-order valence-electron chi connectivity index (χ4n) is 4.64. The van der Waals surface area contributed by atoms with E-state index in [0.717, 1.165) is 28.5 Å². The van der Waals surface area contributed by atoms with Crippen molar-refractivity contribution in [2.45, 2.75) is 51.5 Å². The molecule has 0 aliphatic carbocycles. The minimum Gasteiger partial charge on any atom is -0.488 e. The van der Waals surface area contributed by atoms with Gasteiger partial charge in [0, 0.05) is 24.7 Å². The lowest BCUT2D eigenvalue weighted by atomic mass is 9.98. The quantitative estimate of drug-likeness (QED) is 0.202. The summed E-state index contributed by atoms with van der Waals surface area (Å²) in [7, 11) is 0. The Morgan fingerprint density at radius 2 is 1.51 bits per heavy atom. The number of carbonyl (C=O) groups is 1. The van der Waals surface area contributed by atoms with E-state index in [9.17, 15) is 18.7 Å². The molecule has 0 aliphatic heterocycles. The van der Waals surface area contributed by atoms with Gasteiger partial charge in [-0.1, -0.05) is 54.6 Å². The highest BCUT2D eigenvalue weighted by Crippen LogP contribution is 2.29. The Morgan fingerprint density at radius 3 is 2.15 bits per heavy atom. The van der Waals surface area contributed by atoms with Crippen molar-refractivity contribution in [1.82, 2.24) is 10.6 Å². The van der Waals surface area contributed by atoms with E-state index in [4.69, 9.17) is 4.74 Å². The molecule has 0 saturated carbocycles. The Bertz CT molecular complexity index is 1420. The first-order chi connectivity index (χ1) is 19.6. The van der Waals surface area contributed by atoms with Crippen molar-refractivity contribution in [2.24, 2.45) is 0 Å². The molecular formula is C34H36F2N2O3. The second-order valence-electron chi connectivity index (χ2n) is 11.0. The smallest absolute Gasteiger partial charge is 0.251 e. The summed E-state index contributed by atoms with van der Waals surface area (Å²) in [6.07, 6.45) is -1.01. The van der Waals surface area contributed by atoms with Crippen LogP contribution in [0.5, 0.6) is 5.75 Å². The third-order valence-electron chi connectivity index (χ3n) is 6.45. The Labute approximate surface area is 240 Å². The van der Waals surface area contributed by atoms with Gasteiger partial charge in [0.05, 0.1) is 12.1 Å². The Kier molecular flexibility index (Phi) is 9.86. The maximum absolute atomic E-state index is 13.9. The third kappa shape index (κ3) is 8.96. The lowest BCUT2D eigenvalue weighted by Crippen LogP contribution is -2.48. The van der Waals surface area contributed by atoms with Crippen LogP contribution in [0.25, 0.3) is 11.1 Å². The number of halogens is 2. The van der Waals surface area contributed by atoms with E-state index in [1.54, 1.807) is 30.3 Å². The van der Waals surface area contributed by atoms with Crippen molar-refractivity contribution in [3.8, 4) is 16.9 Å². The predicted octanol–water partition coefficient (Wildman–Crippen LogP) is 6.30. The zero-order valence-corrected chi connectivity index (χ0v) is 23.5. The number of aliphatic hydroxyl groups is 1. The number of amides is 1. The molecule has 41 heavy (non-hydrogen) atoms. The number of nitrogens with one attached hydrogen (secondary N) is 2. The molecule has 0 unspecified atom stereocenters. The summed E-state index contributed by atoms with van der Waals surface area (Å²) in [5.41, 5.74) is 3.44. The second-order valence-corrected chi connectivity index (χ2v) is 11.0. The minimum absolute atomic E-state index is 0.0419. The topological polar surface area (TPSA) is 70.6 Å². The first kappa shape index (κ1) is 29.9. The summed E-state index contributed by atoms with van der Waals surface area (Å²) in [6, 6.07) is 26.9. The molecule has 2 atom stereocenters. The summed E-state index contributed by atoms with van der Waals surface area (Å²) in [5.74, 6) is -1.08. The van der Waals surface area contributed by atoms with Gasteiger partial charge in [0.25, 0.3) is 5.91 Å². The summed E-state index contributed by atoms with van der Waals surface area (Å²) >= 11 is 0. The number of rotatable bonds is 11. The van der Waals surface area contributed by atoms with Crippen molar-refractivity contribution in [2.75, 3.05) is 6.54 Å². The van der Waals surface area contributed by atoms with E-state index >= 15 is 0 Å². The number of benzene rings is 4. The molecular weight excluding hydrogens is 522 g/mol. The zero-order valence-electron chi connectivity index (χ0n) is 23.5. The average Bonchev–Trinajstić information content (AvgIpc) is 2.92. The van der Waals surface area contributed by atoms with Crippen LogP contribution in [0.4, 0.5) is 8.78 Å². The van der Waals surface area contributed by atoms with Crippen LogP contribution in [0.2, 0.25) is 0 Å². The molecule has 7 heteroatoms. The van der Waals surface area contributed by atoms with Crippen molar-refractivity contribution in [3.63, 3.8) is 0 Å². The van der Waals surface area contributed by atoms with E-state index < -0.39 is 23.8 Å². The molecule has 0 saturated heterocycles. The van der Waals surface area contributed by atoms with Crippen molar-refractivity contribution in [3.05, 3.63) is 125 Å². The lowest BCUT2D eigenvalue weighted by molar-refractivity contribution is 0.0829. The molecule has 0 heterocycles. The highest BCUT2D eigenvalue weighted by atomic mass is 19.1. The first-order valence-corrected chi connectivity index (χ1v) is 13.6. The standard InChI is InChI=1S/C34H36F2N2O3/c1-34(2,3)41-29-14-15-30(24-10-6-4-7-11-24)26(19-29)21-37-22-32(39)31(18-23-16-27(35)20-28(36)17-23)38-33(40)25-12-8-5-9-13-25/h4-17,19-20,31-32,37,39H,18,21-22H2,1-3H3,(H,38,40)/t31-,32+/m0/s1. The van der Waals surface area contributed by atoms with Gasteiger partial charge in [-0.05, 0) is 85.8 Å². The first-order valence-electron chi connectivity index (χ1n) is 13.6. The summed E-state index contributed by atoms with van der Waals surface area (Å²) in [6.45, 7) is 6.49. The van der Waals surface area contributed by atoms with Gasteiger partial charge in [0.1, 0.15) is 23.0 Å². The number of hydrogen-bond donors (Lipinski definition) is 3. The molecule has 0 bridgehead atoms. The highest BCUT2D eigenvalue weighted by Gasteiger charge is 2.23. The van der Waals surface area contributed by atoms with Gasteiger partial charge in [-0.15, -0.1) is 0 Å². The lowest BCUT2D eigenvalue weighted by Gasteiger charge is -2.25. The Balaban J connectivity index is 1.52. The van der Waals surface area contributed by atoms with Crippen LogP contribution in [0.15, 0.2) is 97.1 Å². The van der Waals surface area contributed by atoms with Gasteiger partial charge in [-0.2, -0.15) is 0 Å². The number of ether oxygens (including phenoxy) is 1. The van der Waals surface area contributed by atoms with E-state index in [1.165, 1.54) is 12.1 Å². The van der Waals surface area contributed by atoms with Gasteiger partial charge < -0.3 is 20.5 Å². The monoisotopic (exact) mass is 558 g/mol. The van der Waals surface area contributed by atoms with Gasteiger partial charge >= 0.3 is 0 Å². The van der Waals surface area contributed by atoms with Crippen LogP contribution in [-0.2, 0) is 13.0 Å². The van der Waals surface area contributed by atoms with Gasteiger partial charge in [-0.3, -0.25) is 4.79 Å². The molecule has 214 valence electrons. The summed E-state index contributed by atoms with van der Waals surface area (Å²) < 4.78 is 33.9. The molecule has 0 aromatic heterocycles. The SMILES string of the molecule is CC(C)(C)Oc1ccc(-c2ccccc2)c(CNC[C@@H](O)[C@H](Cc2cc(F)cc(F)c2)NC(=O)c2ccccc2)c1. The fourth-order valence-corrected chi connectivity index (χ4v) is 4.64. The van der Waals surface area contributed by atoms with E-state index in [1.807, 2.05) is 69.3 Å². The summed E-state index contributed by atoms with van der Waals surface area (Å²) in [4.78, 5) is 12.9. The van der Waals surface area contributed by atoms with Crippen LogP contribution in [0.1, 0.15) is 42.3 Å². The molecule has 0 spiro atoms. The minimum atomic E-state index is -1.05. The normalized spacial score (nSPS) is 12.9. The molecule has 4 aromatic carbocycles. The van der Waals surface area contributed by atoms with E-state index in [2.05, 4.69) is 10.6 Å². The van der Waals surface area contributed by atoms with Gasteiger partial charge in [0.2, 0.25) is 0 Å². The number of carbonyl (C=O) groups excluding carboxylic acids is 1. The largest absolute Gasteiger partial charge is 0.488 e. The fraction of sp³-hybridized carbons (Fsp3) is 0.265. The number of aliphatic hydroxyl groups excluding tert-OH is 1. The van der Waals surface area contributed by atoms with Gasteiger partial charge in [-0.25, -0.2) is 8.78 Å². The molecule has 3 N–H and O–H groups in total. The molecule has 1 amide bonds. The van der Waals surface area contributed by atoms with E-state index in [-0.39, 0.29) is 24.5 Å². The van der Waals surface area contributed by atoms with Crippen molar-refractivity contribution >= 4 is 5.91 Å². The Morgan fingerprint density at radius 1 is 0.878 bits per heavy atom. The molecule has 4 rings (SSSR count). The van der Waals surface area contributed by atoms with Crippen LogP contribution in [-0.4, -0.2) is 35.3 Å². The van der Waals surface area contributed by atoms with Crippen LogP contribution >= 0.6 is 0 Å². The molecule has 5 nitrogen and oxygen atoms in total. The highest BCUT2D eigenvalue weighted by molar-refractivity contribution is 5.94. The van der Waals surface area contributed by atoms with Crippen LogP contribution in [0, 0.1) is 11.6 Å². The maximum Gasteiger partial charge on any atom is 0.251 e. The summed E-state index contributed by atoms with van der Waals surface area (Å²) in [5, 5.41) is 17.3. The molecule has 0 radical (unpaired) electrons. The van der Waals surface area contributed by atoms with Gasteiger partial charge in [0.15, 0.2) is 0 Å². The van der Waals surface area contributed by atoms with Crippen molar-refractivity contribution < 1.29 is 23.4 Å². The van der Waals surface area contributed by atoms with Crippen molar-refractivity contribution in [1.29, 1.82) is 0 Å². The molecule has 0 aliphatic rings. The second kappa shape index (κ2) is 13.5.